The summed E-state index contributed by atoms with van der Waals surface area (Å²) in [6, 6.07) is 24.6. The van der Waals surface area contributed by atoms with Gasteiger partial charge in [0.1, 0.15) is 11.6 Å². The molecule has 2 amide bonds. The Kier molecular flexibility index (Phi) is 6.50. The first kappa shape index (κ1) is 22.7. The minimum absolute atomic E-state index is 0.177. The third-order valence-electron chi connectivity index (χ3n) is 5.54. The van der Waals surface area contributed by atoms with E-state index in [0.29, 0.717) is 21.9 Å². The number of furan rings is 1. The van der Waals surface area contributed by atoms with E-state index in [1.165, 1.54) is 23.9 Å². The molecular formula is C28H21FN2O3S. The zero-order valence-electron chi connectivity index (χ0n) is 18.6. The summed E-state index contributed by atoms with van der Waals surface area (Å²) in [6.07, 6.45) is 3.41. The maximum Gasteiger partial charge on any atom is 0.265 e. The summed E-state index contributed by atoms with van der Waals surface area (Å²) >= 11 is 1.37. The van der Waals surface area contributed by atoms with Crippen LogP contribution in [0.4, 0.5) is 10.1 Å². The topological polar surface area (TPSA) is 62.6 Å². The Labute approximate surface area is 206 Å². The molecule has 1 aliphatic rings. The Bertz CT molecular complexity index is 1380. The molecule has 0 aliphatic carbocycles. The summed E-state index contributed by atoms with van der Waals surface area (Å²) in [5.41, 5.74) is 2.77. The van der Waals surface area contributed by atoms with E-state index in [-0.39, 0.29) is 30.7 Å². The van der Waals surface area contributed by atoms with E-state index >= 15 is 0 Å². The Morgan fingerprint density at radius 2 is 1.80 bits per heavy atom. The predicted molar refractivity (Wildman–Crippen MR) is 134 cm³/mol. The molecule has 1 aliphatic heterocycles. The maximum atomic E-state index is 13.6. The summed E-state index contributed by atoms with van der Waals surface area (Å²) in [7, 11) is 0. The molecule has 1 N–H and O–H groups in total. The number of rotatable bonds is 6. The third-order valence-corrected chi connectivity index (χ3v) is 6.62. The van der Waals surface area contributed by atoms with Gasteiger partial charge in [-0.25, -0.2) is 4.39 Å². The minimum atomic E-state index is -0.338. The molecule has 174 valence electrons. The van der Waals surface area contributed by atoms with Crippen LogP contribution in [0, 0.1) is 5.82 Å². The van der Waals surface area contributed by atoms with E-state index in [1.807, 2.05) is 42.5 Å². The standard InChI is InChI=1S/C28H21FN2O3S/c29-22-11-8-20(9-12-22)18-31-24-16-21(27(32)30-17-23-7-4-14-34-23)10-13-25(24)35-26(28(31)33)15-19-5-2-1-3-6-19/h1-16H,17-18H2,(H,30,32). The largest absolute Gasteiger partial charge is 0.467 e. The van der Waals surface area contributed by atoms with E-state index < -0.39 is 0 Å². The van der Waals surface area contributed by atoms with Crippen molar-refractivity contribution >= 4 is 35.3 Å². The van der Waals surface area contributed by atoms with Crippen LogP contribution in [0.2, 0.25) is 0 Å². The number of hydrogen-bond donors (Lipinski definition) is 1. The average molecular weight is 485 g/mol. The number of benzene rings is 3. The van der Waals surface area contributed by atoms with Gasteiger partial charge in [0.25, 0.3) is 11.8 Å². The lowest BCUT2D eigenvalue weighted by atomic mass is 10.1. The lowest BCUT2D eigenvalue weighted by Gasteiger charge is -2.31. The van der Waals surface area contributed by atoms with Crippen LogP contribution in [0.3, 0.4) is 0 Å². The van der Waals surface area contributed by atoms with Gasteiger partial charge in [-0.2, -0.15) is 0 Å². The number of fused-ring (bicyclic) bond motifs is 1. The van der Waals surface area contributed by atoms with Crippen molar-refractivity contribution in [2.24, 2.45) is 0 Å². The number of thioether (sulfide) groups is 1. The van der Waals surface area contributed by atoms with Gasteiger partial charge >= 0.3 is 0 Å². The van der Waals surface area contributed by atoms with E-state index in [0.717, 1.165) is 16.0 Å². The van der Waals surface area contributed by atoms with Gasteiger partial charge in [-0.05, 0) is 59.7 Å². The normalized spacial score (nSPS) is 14.1. The predicted octanol–water partition coefficient (Wildman–Crippen LogP) is 6.03. The molecule has 0 fully saturated rings. The Morgan fingerprint density at radius 3 is 2.54 bits per heavy atom. The fourth-order valence-corrected chi connectivity index (χ4v) is 4.80. The number of nitrogens with zero attached hydrogens (tertiary/aromatic N) is 1. The number of carbonyl (C=O) groups is 2. The zero-order chi connectivity index (χ0) is 24.2. The fraction of sp³-hybridized carbons (Fsp3) is 0.0714. The third kappa shape index (κ3) is 5.20. The lowest BCUT2D eigenvalue weighted by molar-refractivity contribution is -0.114. The Hall–Kier alpha value is -4.10. The fourth-order valence-electron chi connectivity index (χ4n) is 3.76. The highest BCUT2D eigenvalue weighted by molar-refractivity contribution is 8.04. The van der Waals surface area contributed by atoms with Crippen LogP contribution in [-0.4, -0.2) is 11.8 Å². The first-order valence-electron chi connectivity index (χ1n) is 11.0. The molecule has 4 aromatic rings. The molecule has 0 atom stereocenters. The van der Waals surface area contributed by atoms with Gasteiger partial charge in [-0.1, -0.05) is 54.2 Å². The number of halogens is 1. The van der Waals surface area contributed by atoms with E-state index in [9.17, 15) is 14.0 Å². The highest BCUT2D eigenvalue weighted by Gasteiger charge is 2.30. The van der Waals surface area contributed by atoms with Crippen molar-refractivity contribution in [3.05, 3.63) is 124 Å². The van der Waals surface area contributed by atoms with Crippen LogP contribution >= 0.6 is 11.8 Å². The van der Waals surface area contributed by atoms with Crippen LogP contribution in [0.1, 0.15) is 27.2 Å². The molecule has 0 saturated heterocycles. The summed E-state index contributed by atoms with van der Waals surface area (Å²) in [5, 5.41) is 2.84. The van der Waals surface area contributed by atoms with E-state index in [4.69, 9.17) is 4.42 Å². The van der Waals surface area contributed by atoms with Gasteiger partial charge in [-0.15, -0.1) is 0 Å². The van der Waals surface area contributed by atoms with Gasteiger partial charge < -0.3 is 14.6 Å². The average Bonchev–Trinajstić information content (AvgIpc) is 3.40. The van der Waals surface area contributed by atoms with Gasteiger partial charge in [0.05, 0.1) is 29.9 Å². The van der Waals surface area contributed by atoms with Crippen molar-refractivity contribution in [1.29, 1.82) is 0 Å². The van der Waals surface area contributed by atoms with Crippen molar-refractivity contribution in [3.63, 3.8) is 0 Å². The number of carbonyl (C=O) groups excluding carboxylic acids is 2. The first-order chi connectivity index (χ1) is 17.1. The monoisotopic (exact) mass is 484 g/mol. The molecule has 0 bridgehead atoms. The highest BCUT2D eigenvalue weighted by atomic mass is 32.2. The minimum Gasteiger partial charge on any atom is -0.467 e. The summed E-state index contributed by atoms with van der Waals surface area (Å²) < 4.78 is 18.7. The second kappa shape index (κ2) is 10.0. The number of hydrogen-bond acceptors (Lipinski definition) is 4. The molecule has 5 nitrogen and oxygen atoms in total. The smallest absolute Gasteiger partial charge is 0.265 e. The van der Waals surface area contributed by atoms with Crippen molar-refractivity contribution in [1.82, 2.24) is 5.32 Å². The van der Waals surface area contributed by atoms with Crippen molar-refractivity contribution in [3.8, 4) is 0 Å². The SMILES string of the molecule is O=C(NCc1ccco1)c1ccc2c(c1)N(Cc1ccc(F)cc1)C(=O)C(=Cc1ccccc1)S2. The van der Waals surface area contributed by atoms with Crippen LogP contribution in [0.15, 0.2) is 105 Å². The summed E-state index contributed by atoms with van der Waals surface area (Å²) in [4.78, 5) is 29.4. The molecule has 0 unspecified atom stereocenters. The van der Waals surface area contributed by atoms with Crippen LogP contribution in [0.25, 0.3) is 6.08 Å². The van der Waals surface area contributed by atoms with Crippen molar-refractivity contribution in [2.45, 2.75) is 18.0 Å². The highest BCUT2D eigenvalue weighted by Crippen LogP contribution is 2.43. The molecule has 1 aromatic heterocycles. The van der Waals surface area contributed by atoms with Gasteiger partial charge in [0.2, 0.25) is 0 Å². The Morgan fingerprint density at radius 1 is 1.00 bits per heavy atom. The quantitative estimate of drug-likeness (QED) is 0.340. The molecule has 0 spiro atoms. The van der Waals surface area contributed by atoms with Crippen molar-refractivity contribution in [2.75, 3.05) is 4.90 Å². The van der Waals surface area contributed by atoms with Gasteiger partial charge in [-0.3, -0.25) is 9.59 Å². The molecule has 0 saturated carbocycles. The van der Waals surface area contributed by atoms with Crippen LogP contribution in [0.5, 0.6) is 0 Å². The van der Waals surface area contributed by atoms with E-state index in [2.05, 4.69) is 5.32 Å². The molecular weight excluding hydrogens is 463 g/mol. The number of anilines is 1. The molecule has 7 heteroatoms. The zero-order valence-corrected chi connectivity index (χ0v) is 19.4. The molecule has 3 aromatic carbocycles. The summed E-state index contributed by atoms with van der Waals surface area (Å²) in [5.74, 6) is -0.136. The summed E-state index contributed by atoms with van der Waals surface area (Å²) in [6.45, 7) is 0.510. The molecule has 0 radical (unpaired) electrons. The van der Waals surface area contributed by atoms with Crippen LogP contribution < -0.4 is 10.2 Å². The van der Waals surface area contributed by atoms with Gasteiger partial charge in [0, 0.05) is 10.5 Å². The number of amides is 2. The van der Waals surface area contributed by atoms with Gasteiger partial charge in [0.15, 0.2) is 0 Å². The van der Waals surface area contributed by atoms with Crippen molar-refractivity contribution < 1.29 is 18.4 Å². The lowest BCUT2D eigenvalue weighted by Crippen LogP contribution is -2.34. The molecule has 5 rings (SSSR count). The number of nitrogens with one attached hydrogen (secondary N) is 1. The second-order valence-electron chi connectivity index (χ2n) is 7.98. The maximum absolute atomic E-state index is 13.6. The van der Waals surface area contributed by atoms with Crippen LogP contribution in [-0.2, 0) is 17.9 Å². The van der Waals surface area contributed by atoms with E-state index in [1.54, 1.807) is 47.6 Å². The first-order valence-corrected chi connectivity index (χ1v) is 11.8. The Balaban J connectivity index is 1.48. The second-order valence-corrected chi connectivity index (χ2v) is 9.07. The molecule has 35 heavy (non-hydrogen) atoms. The molecule has 2 heterocycles.